The average Bonchev–Trinajstić information content (AvgIpc) is 2.98. The highest BCUT2D eigenvalue weighted by molar-refractivity contribution is 7.91. The average molecular weight is 360 g/mol. The summed E-state index contributed by atoms with van der Waals surface area (Å²) in [5.74, 6) is 0.579. The predicted molar refractivity (Wildman–Crippen MR) is 96.3 cm³/mol. The molecule has 0 bridgehead atoms. The molecule has 2 heterocycles. The third-order valence-corrected chi connectivity index (χ3v) is 7.53. The lowest BCUT2D eigenvalue weighted by Gasteiger charge is -2.40. The van der Waals surface area contributed by atoms with Crippen LogP contribution in [-0.4, -0.2) is 76.4 Å². The SMILES string of the molecule is CN1CCC(CNC2CNCC(C3CCC(S(C)(=O)=O)CC3)N2)N1. The molecular formula is C16H33N5O2S. The Kier molecular flexibility index (Phi) is 6.16. The third-order valence-electron chi connectivity index (χ3n) is 5.85. The highest BCUT2D eigenvalue weighted by Crippen LogP contribution is 2.30. The molecule has 1 saturated carbocycles. The van der Waals surface area contributed by atoms with Crippen LogP contribution in [0.5, 0.6) is 0 Å². The standard InChI is InChI=1S/C16H33N5O2S/c1-21-8-7-13(20-21)9-18-16-11-17-10-15(19-16)12-3-5-14(6-4-12)24(2,22)23/h12-20H,3-11H2,1-2H3. The molecule has 3 aliphatic rings. The summed E-state index contributed by atoms with van der Waals surface area (Å²) >= 11 is 0. The molecule has 3 fully saturated rings. The lowest BCUT2D eigenvalue weighted by molar-refractivity contribution is 0.198. The Morgan fingerprint density at radius 2 is 1.88 bits per heavy atom. The first-order valence-electron chi connectivity index (χ1n) is 9.28. The zero-order valence-corrected chi connectivity index (χ0v) is 15.7. The van der Waals surface area contributed by atoms with E-state index in [1.165, 1.54) is 12.7 Å². The summed E-state index contributed by atoms with van der Waals surface area (Å²) in [4.78, 5) is 0. The quantitative estimate of drug-likeness (QED) is 0.515. The number of nitrogens with zero attached hydrogens (tertiary/aromatic N) is 1. The normalized spacial score (nSPS) is 39.2. The zero-order valence-electron chi connectivity index (χ0n) is 14.9. The second-order valence-corrected chi connectivity index (χ2v) is 10.1. The Hall–Kier alpha value is -0.250. The molecular weight excluding hydrogens is 326 g/mol. The first-order chi connectivity index (χ1) is 11.4. The number of nitrogens with one attached hydrogen (secondary N) is 4. The molecule has 0 aromatic carbocycles. The van der Waals surface area contributed by atoms with Crippen LogP contribution in [0.15, 0.2) is 0 Å². The molecule has 4 N–H and O–H groups in total. The van der Waals surface area contributed by atoms with Crippen molar-refractivity contribution in [1.29, 1.82) is 0 Å². The summed E-state index contributed by atoms with van der Waals surface area (Å²) in [5, 5.41) is 12.9. The van der Waals surface area contributed by atoms with Crippen molar-refractivity contribution in [2.75, 3.05) is 39.5 Å². The van der Waals surface area contributed by atoms with Crippen LogP contribution in [-0.2, 0) is 9.84 Å². The van der Waals surface area contributed by atoms with Crippen LogP contribution in [0.25, 0.3) is 0 Å². The van der Waals surface area contributed by atoms with Crippen molar-refractivity contribution >= 4 is 9.84 Å². The van der Waals surface area contributed by atoms with Gasteiger partial charge in [-0.1, -0.05) is 0 Å². The van der Waals surface area contributed by atoms with Crippen molar-refractivity contribution in [2.45, 2.75) is 55.6 Å². The van der Waals surface area contributed by atoms with Gasteiger partial charge in [-0.3, -0.25) is 16.1 Å². The molecule has 0 spiro atoms. The highest BCUT2D eigenvalue weighted by atomic mass is 32.2. The van der Waals surface area contributed by atoms with Crippen LogP contribution >= 0.6 is 0 Å². The predicted octanol–water partition coefficient (Wildman–Crippen LogP) is -0.724. The first-order valence-corrected chi connectivity index (χ1v) is 11.2. The van der Waals surface area contributed by atoms with Crippen LogP contribution in [0.2, 0.25) is 0 Å². The smallest absolute Gasteiger partial charge is 0.150 e. The maximum atomic E-state index is 11.7. The van der Waals surface area contributed by atoms with E-state index in [2.05, 4.69) is 33.4 Å². The van der Waals surface area contributed by atoms with Gasteiger partial charge in [0.2, 0.25) is 0 Å². The number of hydrogen-bond acceptors (Lipinski definition) is 7. The number of piperazine rings is 1. The molecule has 7 nitrogen and oxygen atoms in total. The topological polar surface area (TPSA) is 85.5 Å². The fourth-order valence-corrected chi connectivity index (χ4v) is 5.46. The van der Waals surface area contributed by atoms with E-state index in [0.29, 0.717) is 24.2 Å². The molecule has 24 heavy (non-hydrogen) atoms. The summed E-state index contributed by atoms with van der Waals surface area (Å²) < 4.78 is 23.4. The Labute approximate surface area is 146 Å². The van der Waals surface area contributed by atoms with E-state index >= 15 is 0 Å². The maximum absolute atomic E-state index is 11.7. The summed E-state index contributed by atoms with van der Waals surface area (Å²) in [6.45, 7) is 4.00. The molecule has 1 aliphatic carbocycles. The molecule has 3 atom stereocenters. The van der Waals surface area contributed by atoms with Crippen LogP contribution in [0.1, 0.15) is 32.1 Å². The Morgan fingerprint density at radius 3 is 2.50 bits per heavy atom. The van der Waals surface area contributed by atoms with Crippen molar-refractivity contribution in [2.24, 2.45) is 5.92 Å². The largest absolute Gasteiger partial charge is 0.312 e. The van der Waals surface area contributed by atoms with Gasteiger partial charge in [0.25, 0.3) is 0 Å². The van der Waals surface area contributed by atoms with E-state index in [1.54, 1.807) is 0 Å². The Morgan fingerprint density at radius 1 is 1.12 bits per heavy atom. The molecule has 8 heteroatoms. The van der Waals surface area contributed by atoms with Gasteiger partial charge in [-0.15, -0.1) is 0 Å². The third kappa shape index (κ3) is 4.89. The number of hydrogen-bond donors (Lipinski definition) is 4. The fraction of sp³-hybridized carbons (Fsp3) is 1.00. The van der Waals surface area contributed by atoms with Gasteiger partial charge in [0.1, 0.15) is 9.84 Å². The van der Waals surface area contributed by atoms with E-state index in [-0.39, 0.29) is 5.25 Å². The zero-order chi connectivity index (χ0) is 17.2. The van der Waals surface area contributed by atoms with Gasteiger partial charge >= 0.3 is 0 Å². The van der Waals surface area contributed by atoms with Gasteiger partial charge in [-0.2, -0.15) is 0 Å². The minimum absolute atomic E-state index is 0.121. The second kappa shape index (κ2) is 7.97. The van der Waals surface area contributed by atoms with Crippen LogP contribution in [0.3, 0.4) is 0 Å². The van der Waals surface area contributed by atoms with Gasteiger partial charge in [-0.25, -0.2) is 13.4 Å². The van der Waals surface area contributed by atoms with Gasteiger partial charge in [-0.05, 0) is 38.0 Å². The molecule has 0 aromatic heterocycles. The van der Waals surface area contributed by atoms with E-state index in [9.17, 15) is 8.42 Å². The Bertz CT molecular complexity index is 507. The van der Waals surface area contributed by atoms with Crippen molar-refractivity contribution in [3.05, 3.63) is 0 Å². The molecule has 2 saturated heterocycles. The monoisotopic (exact) mass is 359 g/mol. The lowest BCUT2D eigenvalue weighted by atomic mass is 9.83. The molecule has 2 aliphatic heterocycles. The molecule has 3 unspecified atom stereocenters. The van der Waals surface area contributed by atoms with E-state index in [1.807, 2.05) is 0 Å². The van der Waals surface area contributed by atoms with Crippen molar-refractivity contribution < 1.29 is 8.42 Å². The number of rotatable bonds is 5. The molecule has 3 rings (SSSR count). The van der Waals surface area contributed by atoms with Crippen LogP contribution in [0, 0.1) is 5.92 Å². The highest BCUT2D eigenvalue weighted by Gasteiger charge is 2.34. The summed E-state index contributed by atoms with van der Waals surface area (Å²) in [5.41, 5.74) is 3.45. The second-order valence-electron chi connectivity index (χ2n) is 7.79. The lowest BCUT2D eigenvalue weighted by Crippen LogP contribution is -2.63. The van der Waals surface area contributed by atoms with E-state index in [4.69, 9.17) is 0 Å². The van der Waals surface area contributed by atoms with Crippen molar-refractivity contribution in [3.63, 3.8) is 0 Å². The Balaban J connectivity index is 1.42. The summed E-state index contributed by atoms with van der Waals surface area (Å²) in [7, 11) is -0.786. The fourth-order valence-electron chi connectivity index (χ4n) is 4.33. The first kappa shape index (κ1) is 18.5. The minimum Gasteiger partial charge on any atom is -0.312 e. The van der Waals surface area contributed by atoms with Crippen LogP contribution in [0.4, 0.5) is 0 Å². The maximum Gasteiger partial charge on any atom is 0.150 e. The molecule has 0 radical (unpaired) electrons. The summed E-state index contributed by atoms with van der Waals surface area (Å²) in [6.07, 6.45) is 6.52. The summed E-state index contributed by atoms with van der Waals surface area (Å²) in [6, 6.07) is 0.957. The van der Waals surface area contributed by atoms with Gasteiger partial charge in [0, 0.05) is 51.6 Å². The van der Waals surface area contributed by atoms with Crippen molar-refractivity contribution in [3.8, 4) is 0 Å². The molecule has 140 valence electrons. The molecule has 0 amide bonds. The number of hydrazine groups is 1. The van der Waals surface area contributed by atoms with Gasteiger partial charge in [0.15, 0.2) is 0 Å². The van der Waals surface area contributed by atoms with E-state index < -0.39 is 9.84 Å². The van der Waals surface area contributed by atoms with Crippen molar-refractivity contribution in [1.82, 2.24) is 26.4 Å². The van der Waals surface area contributed by atoms with Gasteiger partial charge in [0.05, 0.1) is 11.4 Å². The van der Waals surface area contributed by atoms with Crippen LogP contribution < -0.4 is 21.4 Å². The van der Waals surface area contributed by atoms with Gasteiger partial charge < -0.3 is 5.32 Å². The minimum atomic E-state index is -2.87. The number of sulfone groups is 1. The van der Waals surface area contributed by atoms with E-state index in [0.717, 1.165) is 51.9 Å². The molecule has 0 aromatic rings.